The molecule has 1 saturated carbocycles. The van der Waals surface area contributed by atoms with Crippen molar-refractivity contribution in [3.05, 3.63) is 18.0 Å². The van der Waals surface area contributed by atoms with E-state index in [2.05, 4.69) is 25.3 Å². The quantitative estimate of drug-likeness (QED) is 0.670. The lowest BCUT2D eigenvalue weighted by Crippen LogP contribution is -2.52. The molecule has 6 nitrogen and oxygen atoms in total. The second-order valence-electron chi connectivity index (χ2n) is 7.39. The number of guanidine groups is 1. The van der Waals surface area contributed by atoms with E-state index >= 15 is 0 Å². The smallest absolute Gasteiger partial charge is 0.193 e. The molecule has 1 saturated heterocycles. The number of piperazine rings is 1. The van der Waals surface area contributed by atoms with Crippen molar-refractivity contribution < 1.29 is 4.52 Å². The highest BCUT2D eigenvalue weighted by Gasteiger charge is 2.21. The normalized spacial score (nSPS) is 21.8. The van der Waals surface area contributed by atoms with Crippen LogP contribution in [0.25, 0.3) is 0 Å². The van der Waals surface area contributed by atoms with Crippen molar-refractivity contribution in [2.45, 2.75) is 51.5 Å². The molecule has 1 aromatic rings. The lowest BCUT2D eigenvalue weighted by Gasteiger charge is -2.36. The maximum atomic E-state index is 4.92. The fourth-order valence-corrected chi connectivity index (χ4v) is 3.98. The molecule has 1 aromatic heterocycles. The van der Waals surface area contributed by atoms with E-state index in [-0.39, 0.29) is 0 Å². The number of nitrogens with one attached hydrogen (secondary N) is 1. The van der Waals surface area contributed by atoms with Crippen LogP contribution < -0.4 is 5.32 Å². The molecule has 1 aliphatic heterocycles. The molecule has 2 fully saturated rings. The Morgan fingerprint density at radius 1 is 1.16 bits per heavy atom. The van der Waals surface area contributed by atoms with Crippen molar-refractivity contribution >= 4 is 5.96 Å². The molecule has 0 unspecified atom stereocenters. The highest BCUT2D eigenvalue weighted by molar-refractivity contribution is 5.80. The molecule has 6 heteroatoms. The summed E-state index contributed by atoms with van der Waals surface area (Å²) in [6, 6.07) is 1.95. The molecule has 1 N–H and O–H groups in total. The molecular formula is C19H33N5O. The van der Waals surface area contributed by atoms with Gasteiger partial charge in [-0.1, -0.05) is 37.3 Å². The lowest BCUT2D eigenvalue weighted by molar-refractivity contribution is 0.168. The van der Waals surface area contributed by atoms with Gasteiger partial charge in [0.15, 0.2) is 5.96 Å². The predicted octanol–water partition coefficient (Wildman–Crippen LogP) is 2.73. The van der Waals surface area contributed by atoms with E-state index in [1.54, 1.807) is 6.26 Å². The summed E-state index contributed by atoms with van der Waals surface area (Å²) < 4.78 is 4.92. The Kier molecular flexibility index (Phi) is 7.15. The summed E-state index contributed by atoms with van der Waals surface area (Å²) in [4.78, 5) is 9.34. The SMILES string of the molecule is CN=C(NCC1CCCCCCC1)N1CCN(Cc2ccon2)CC1. The number of hydrogen-bond acceptors (Lipinski definition) is 4. The fourth-order valence-electron chi connectivity index (χ4n) is 3.98. The van der Waals surface area contributed by atoms with Crippen LogP contribution >= 0.6 is 0 Å². The zero-order valence-corrected chi connectivity index (χ0v) is 15.6. The van der Waals surface area contributed by atoms with E-state index in [9.17, 15) is 0 Å². The van der Waals surface area contributed by atoms with Crippen molar-refractivity contribution in [1.29, 1.82) is 0 Å². The van der Waals surface area contributed by atoms with Gasteiger partial charge in [-0.3, -0.25) is 9.89 Å². The van der Waals surface area contributed by atoms with Gasteiger partial charge in [-0.05, 0) is 18.8 Å². The third-order valence-corrected chi connectivity index (χ3v) is 5.53. The average molecular weight is 348 g/mol. The maximum absolute atomic E-state index is 4.92. The van der Waals surface area contributed by atoms with Crippen LogP contribution in [-0.2, 0) is 6.54 Å². The molecule has 3 rings (SSSR count). The van der Waals surface area contributed by atoms with E-state index in [4.69, 9.17) is 4.52 Å². The molecule has 2 aliphatic rings. The molecule has 140 valence electrons. The van der Waals surface area contributed by atoms with Gasteiger partial charge in [-0.15, -0.1) is 0 Å². The maximum Gasteiger partial charge on any atom is 0.193 e. The lowest BCUT2D eigenvalue weighted by atomic mass is 9.91. The number of nitrogens with zero attached hydrogens (tertiary/aromatic N) is 4. The number of hydrogen-bond donors (Lipinski definition) is 1. The van der Waals surface area contributed by atoms with Gasteiger partial charge in [0, 0.05) is 52.4 Å². The van der Waals surface area contributed by atoms with Crippen LogP contribution in [0.3, 0.4) is 0 Å². The summed E-state index contributed by atoms with van der Waals surface area (Å²) in [5.74, 6) is 1.88. The Labute approximate surface area is 151 Å². The number of rotatable bonds is 4. The van der Waals surface area contributed by atoms with E-state index < -0.39 is 0 Å². The van der Waals surface area contributed by atoms with Gasteiger partial charge in [-0.2, -0.15) is 0 Å². The topological polar surface area (TPSA) is 56.9 Å². The Morgan fingerprint density at radius 2 is 1.88 bits per heavy atom. The summed E-state index contributed by atoms with van der Waals surface area (Å²) in [6.07, 6.45) is 11.4. The van der Waals surface area contributed by atoms with Crippen molar-refractivity contribution in [2.75, 3.05) is 39.8 Å². The molecule has 0 amide bonds. The highest BCUT2D eigenvalue weighted by atomic mass is 16.5. The van der Waals surface area contributed by atoms with Crippen LogP contribution in [-0.4, -0.2) is 60.7 Å². The summed E-state index contributed by atoms with van der Waals surface area (Å²) in [5, 5.41) is 7.66. The summed E-state index contributed by atoms with van der Waals surface area (Å²) in [6.45, 7) is 6.06. The summed E-state index contributed by atoms with van der Waals surface area (Å²) in [7, 11) is 1.90. The first-order valence-electron chi connectivity index (χ1n) is 9.92. The van der Waals surface area contributed by atoms with Crippen molar-refractivity contribution in [1.82, 2.24) is 20.3 Å². The molecule has 0 atom stereocenters. The number of aromatic nitrogens is 1. The Bertz CT molecular complexity index is 500. The van der Waals surface area contributed by atoms with Crippen molar-refractivity contribution in [3.8, 4) is 0 Å². The van der Waals surface area contributed by atoms with E-state index in [1.165, 1.54) is 44.9 Å². The molecule has 0 radical (unpaired) electrons. The Morgan fingerprint density at radius 3 is 2.52 bits per heavy atom. The fraction of sp³-hybridized carbons (Fsp3) is 0.789. The third-order valence-electron chi connectivity index (χ3n) is 5.53. The van der Waals surface area contributed by atoms with Gasteiger partial charge in [0.1, 0.15) is 6.26 Å². The van der Waals surface area contributed by atoms with Crippen molar-refractivity contribution in [3.63, 3.8) is 0 Å². The molecule has 0 bridgehead atoms. The summed E-state index contributed by atoms with van der Waals surface area (Å²) in [5.41, 5.74) is 1.01. The van der Waals surface area contributed by atoms with E-state index in [0.717, 1.165) is 56.8 Å². The van der Waals surface area contributed by atoms with Gasteiger partial charge in [-0.25, -0.2) is 0 Å². The highest BCUT2D eigenvalue weighted by Crippen LogP contribution is 2.21. The monoisotopic (exact) mass is 347 g/mol. The minimum absolute atomic E-state index is 0.811. The predicted molar refractivity (Wildman–Crippen MR) is 101 cm³/mol. The van der Waals surface area contributed by atoms with Gasteiger partial charge in [0.05, 0.1) is 5.69 Å². The summed E-state index contributed by atoms with van der Waals surface area (Å²) >= 11 is 0. The first-order valence-corrected chi connectivity index (χ1v) is 9.92. The first kappa shape index (κ1) is 18.2. The number of aliphatic imine (C=N–C) groups is 1. The molecule has 1 aliphatic carbocycles. The minimum Gasteiger partial charge on any atom is -0.364 e. The van der Waals surface area contributed by atoms with Gasteiger partial charge in [0.2, 0.25) is 0 Å². The molecular weight excluding hydrogens is 314 g/mol. The van der Waals surface area contributed by atoms with Gasteiger partial charge < -0.3 is 14.7 Å². The van der Waals surface area contributed by atoms with Crippen LogP contribution in [0.5, 0.6) is 0 Å². The van der Waals surface area contributed by atoms with Gasteiger partial charge in [0.25, 0.3) is 0 Å². The van der Waals surface area contributed by atoms with Crippen LogP contribution in [0.1, 0.15) is 50.6 Å². The Balaban J connectivity index is 1.41. The molecule has 25 heavy (non-hydrogen) atoms. The first-order chi connectivity index (χ1) is 12.3. The van der Waals surface area contributed by atoms with E-state index in [0.29, 0.717) is 0 Å². The van der Waals surface area contributed by atoms with Gasteiger partial charge >= 0.3 is 0 Å². The zero-order chi connectivity index (χ0) is 17.3. The Hall–Kier alpha value is -1.56. The van der Waals surface area contributed by atoms with Crippen LogP contribution in [0, 0.1) is 5.92 Å². The van der Waals surface area contributed by atoms with E-state index in [1.807, 2.05) is 13.1 Å². The van der Waals surface area contributed by atoms with Crippen LogP contribution in [0.15, 0.2) is 21.8 Å². The molecule has 0 spiro atoms. The van der Waals surface area contributed by atoms with Crippen LogP contribution in [0.4, 0.5) is 0 Å². The molecule has 2 heterocycles. The second-order valence-corrected chi connectivity index (χ2v) is 7.39. The minimum atomic E-state index is 0.811. The average Bonchev–Trinajstić information content (AvgIpc) is 3.11. The molecule has 0 aromatic carbocycles. The standard InChI is InChI=1S/C19H33N5O/c1-20-19(21-15-17-7-5-3-2-4-6-8-17)24-12-10-23(11-13-24)16-18-9-14-25-22-18/h9,14,17H,2-8,10-13,15-16H2,1H3,(H,20,21). The second kappa shape index (κ2) is 9.80. The zero-order valence-electron chi connectivity index (χ0n) is 15.6. The van der Waals surface area contributed by atoms with Crippen LogP contribution in [0.2, 0.25) is 0 Å². The third kappa shape index (κ3) is 5.73. The largest absolute Gasteiger partial charge is 0.364 e. The van der Waals surface area contributed by atoms with Crippen molar-refractivity contribution in [2.24, 2.45) is 10.9 Å².